The average molecular weight is 479 g/mol. The minimum Gasteiger partial charge on any atom is -0.333 e. The van der Waals surface area contributed by atoms with Crippen molar-refractivity contribution in [3.63, 3.8) is 0 Å². The van der Waals surface area contributed by atoms with E-state index in [-0.39, 0.29) is 29.2 Å². The Bertz CT molecular complexity index is 1310. The van der Waals surface area contributed by atoms with Crippen molar-refractivity contribution in [1.29, 1.82) is 0 Å². The molecular weight excluding hydrogens is 448 g/mol. The number of carbonyl (C=O) groups is 2. The summed E-state index contributed by atoms with van der Waals surface area (Å²) in [4.78, 5) is 26.4. The Kier molecular flexibility index (Phi) is 6.49. The molecule has 1 N–H and O–H groups in total. The zero-order chi connectivity index (χ0) is 24.5. The standard InChI is InChI=1S/C27H30N2O4S/c1-27(2,3)21-9-12-23(13-10-21)34(32,33)24-14-15-29(18-30)25(17-24)26(31)28-22-11-8-19-6-4-5-7-20(19)16-22/h4-13,16,18,24-25H,14-15,17H2,1-3H3,(H,28,31)/t24?,25-/m0/s1. The number of carbonyl (C=O) groups excluding carboxylic acids is 2. The summed E-state index contributed by atoms with van der Waals surface area (Å²) in [5.41, 5.74) is 1.58. The van der Waals surface area contributed by atoms with Crippen LogP contribution in [0.5, 0.6) is 0 Å². The lowest BCUT2D eigenvalue weighted by Crippen LogP contribution is -2.51. The van der Waals surface area contributed by atoms with Gasteiger partial charge in [-0.2, -0.15) is 0 Å². The van der Waals surface area contributed by atoms with Crippen molar-refractivity contribution in [2.45, 2.75) is 55.2 Å². The first kappa shape index (κ1) is 24.0. The van der Waals surface area contributed by atoms with E-state index in [0.717, 1.165) is 16.3 Å². The molecule has 0 radical (unpaired) electrons. The van der Waals surface area contributed by atoms with Crippen LogP contribution in [0.25, 0.3) is 10.8 Å². The molecule has 1 heterocycles. The predicted molar refractivity (Wildman–Crippen MR) is 134 cm³/mol. The molecule has 1 aliphatic rings. The molecule has 7 heteroatoms. The lowest BCUT2D eigenvalue weighted by molar-refractivity contribution is -0.131. The van der Waals surface area contributed by atoms with E-state index in [1.807, 2.05) is 48.5 Å². The Morgan fingerprint density at radius 3 is 2.32 bits per heavy atom. The summed E-state index contributed by atoms with van der Waals surface area (Å²) in [6, 6.07) is 19.5. The highest BCUT2D eigenvalue weighted by atomic mass is 32.2. The third-order valence-corrected chi connectivity index (χ3v) is 8.77. The molecule has 1 unspecified atom stereocenters. The van der Waals surface area contributed by atoms with Crippen LogP contribution < -0.4 is 5.32 Å². The molecule has 1 saturated heterocycles. The maximum absolute atomic E-state index is 13.4. The van der Waals surface area contributed by atoms with Gasteiger partial charge in [-0.3, -0.25) is 9.59 Å². The smallest absolute Gasteiger partial charge is 0.247 e. The van der Waals surface area contributed by atoms with Crippen LogP contribution in [0, 0.1) is 0 Å². The van der Waals surface area contributed by atoms with Crippen molar-refractivity contribution < 1.29 is 18.0 Å². The molecule has 4 rings (SSSR count). The number of fused-ring (bicyclic) bond motifs is 1. The van der Waals surface area contributed by atoms with Gasteiger partial charge in [-0.05, 0) is 58.9 Å². The highest BCUT2D eigenvalue weighted by molar-refractivity contribution is 7.92. The average Bonchev–Trinajstić information content (AvgIpc) is 2.83. The zero-order valence-electron chi connectivity index (χ0n) is 19.7. The van der Waals surface area contributed by atoms with Gasteiger partial charge in [0.1, 0.15) is 6.04 Å². The van der Waals surface area contributed by atoms with Crippen LogP contribution in [-0.4, -0.2) is 43.5 Å². The maximum atomic E-state index is 13.4. The number of amides is 2. The number of nitrogens with one attached hydrogen (secondary N) is 1. The topological polar surface area (TPSA) is 83.6 Å². The van der Waals surface area contributed by atoms with Crippen molar-refractivity contribution in [2.75, 3.05) is 11.9 Å². The van der Waals surface area contributed by atoms with Gasteiger partial charge in [-0.1, -0.05) is 63.2 Å². The summed E-state index contributed by atoms with van der Waals surface area (Å²) in [5.74, 6) is -0.384. The number of likely N-dealkylation sites (tertiary alicyclic amines) is 1. The number of piperidine rings is 1. The Hall–Kier alpha value is -3.19. The van der Waals surface area contributed by atoms with E-state index in [9.17, 15) is 18.0 Å². The molecule has 3 aromatic carbocycles. The van der Waals surface area contributed by atoms with Gasteiger partial charge >= 0.3 is 0 Å². The second-order valence-electron chi connectivity index (χ2n) is 9.88. The zero-order valence-corrected chi connectivity index (χ0v) is 20.5. The Labute approximate surface area is 200 Å². The third kappa shape index (κ3) is 4.85. The molecule has 1 aliphatic heterocycles. The summed E-state index contributed by atoms with van der Waals surface area (Å²) in [6.45, 7) is 6.43. The lowest BCUT2D eigenvalue weighted by atomic mass is 9.87. The minimum atomic E-state index is -3.65. The molecule has 3 aromatic rings. The largest absolute Gasteiger partial charge is 0.333 e. The summed E-state index contributed by atoms with van der Waals surface area (Å²) < 4.78 is 26.8. The van der Waals surface area contributed by atoms with Crippen LogP contribution in [0.2, 0.25) is 0 Å². The van der Waals surface area contributed by atoms with Gasteiger partial charge in [-0.25, -0.2) is 8.42 Å². The van der Waals surface area contributed by atoms with Gasteiger partial charge in [0.15, 0.2) is 9.84 Å². The number of anilines is 1. The molecular formula is C27H30N2O4S. The number of hydrogen-bond acceptors (Lipinski definition) is 4. The fourth-order valence-electron chi connectivity index (χ4n) is 4.45. The monoisotopic (exact) mass is 478 g/mol. The van der Waals surface area contributed by atoms with Gasteiger partial charge < -0.3 is 10.2 Å². The Morgan fingerprint density at radius 1 is 1.00 bits per heavy atom. The van der Waals surface area contributed by atoms with E-state index in [2.05, 4.69) is 26.1 Å². The van der Waals surface area contributed by atoms with E-state index in [4.69, 9.17) is 0 Å². The first-order valence-corrected chi connectivity index (χ1v) is 13.0. The summed E-state index contributed by atoms with van der Waals surface area (Å²) in [5, 5.41) is 4.16. The molecule has 0 spiro atoms. The molecule has 2 atom stereocenters. The molecule has 1 fully saturated rings. The number of hydrogen-bond donors (Lipinski definition) is 1. The summed E-state index contributed by atoms with van der Waals surface area (Å²) in [7, 11) is -3.65. The summed E-state index contributed by atoms with van der Waals surface area (Å²) >= 11 is 0. The first-order chi connectivity index (χ1) is 16.1. The van der Waals surface area contributed by atoms with E-state index in [1.165, 1.54) is 4.90 Å². The highest BCUT2D eigenvalue weighted by Gasteiger charge is 2.39. The molecule has 0 aliphatic carbocycles. The van der Waals surface area contributed by atoms with Crippen molar-refractivity contribution in [3.8, 4) is 0 Å². The van der Waals surface area contributed by atoms with Crippen LogP contribution in [0.1, 0.15) is 39.2 Å². The van der Waals surface area contributed by atoms with Crippen LogP contribution in [0.15, 0.2) is 71.6 Å². The second kappa shape index (κ2) is 9.22. The molecule has 2 amide bonds. The maximum Gasteiger partial charge on any atom is 0.247 e. The van der Waals surface area contributed by atoms with E-state index >= 15 is 0 Å². The van der Waals surface area contributed by atoms with Crippen molar-refractivity contribution in [1.82, 2.24) is 4.90 Å². The third-order valence-electron chi connectivity index (χ3n) is 6.54. The van der Waals surface area contributed by atoms with Gasteiger partial charge in [0.2, 0.25) is 12.3 Å². The van der Waals surface area contributed by atoms with Crippen molar-refractivity contribution in [2.24, 2.45) is 0 Å². The SMILES string of the molecule is CC(C)(C)c1ccc(S(=O)(=O)C2CCN(C=O)[C@H](C(=O)Nc3ccc4ccccc4c3)C2)cc1. The van der Waals surface area contributed by atoms with E-state index in [0.29, 0.717) is 18.5 Å². The van der Waals surface area contributed by atoms with Gasteiger partial charge in [0, 0.05) is 12.2 Å². The fourth-order valence-corrected chi connectivity index (χ4v) is 6.20. The highest BCUT2D eigenvalue weighted by Crippen LogP contribution is 2.30. The molecule has 0 aromatic heterocycles. The van der Waals surface area contributed by atoms with Gasteiger partial charge in [0.05, 0.1) is 10.1 Å². The lowest BCUT2D eigenvalue weighted by Gasteiger charge is -2.36. The number of benzene rings is 3. The van der Waals surface area contributed by atoms with E-state index in [1.54, 1.807) is 18.2 Å². The molecule has 178 valence electrons. The Balaban J connectivity index is 1.54. The molecule has 0 saturated carbocycles. The number of nitrogens with zero attached hydrogens (tertiary/aromatic N) is 1. The minimum absolute atomic E-state index is 0.0571. The number of sulfone groups is 1. The quantitative estimate of drug-likeness (QED) is 0.546. The normalized spacial score (nSPS) is 19.1. The predicted octanol–water partition coefficient (Wildman–Crippen LogP) is 4.54. The second-order valence-corrected chi connectivity index (χ2v) is 12.1. The molecule has 0 bridgehead atoms. The first-order valence-electron chi connectivity index (χ1n) is 11.4. The van der Waals surface area contributed by atoms with Crippen molar-refractivity contribution >= 4 is 38.6 Å². The van der Waals surface area contributed by atoms with Crippen LogP contribution in [-0.2, 0) is 24.8 Å². The van der Waals surface area contributed by atoms with Crippen LogP contribution in [0.3, 0.4) is 0 Å². The Morgan fingerprint density at radius 2 is 1.68 bits per heavy atom. The van der Waals surface area contributed by atoms with Crippen LogP contribution >= 0.6 is 0 Å². The fraction of sp³-hybridized carbons (Fsp3) is 0.333. The van der Waals surface area contributed by atoms with E-state index < -0.39 is 21.1 Å². The van der Waals surface area contributed by atoms with Crippen LogP contribution in [0.4, 0.5) is 5.69 Å². The summed E-state index contributed by atoms with van der Waals surface area (Å²) in [6.07, 6.45) is 0.981. The molecule has 34 heavy (non-hydrogen) atoms. The molecule has 6 nitrogen and oxygen atoms in total. The number of rotatable bonds is 5. The van der Waals surface area contributed by atoms with Crippen molar-refractivity contribution in [3.05, 3.63) is 72.3 Å². The van der Waals surface area contributed by atoms with Gasteiger partial charge in [0.25, 0.3) is 0 Å². The van der Waals surface area contributed by atoms with Gasteiger partial charge in [-0.15, -0.1) is 0 Å².